The van der Waals surface area contributed by atoms with Gasteiger partial charge in [-0.05, 0) is 31.5 Å². The van der Waals surface area contributed by atoms with E-state index in [4.69, 9.17) is 10.1 Å². The molecule has 3 heterocycles. The molecule has 11 heteroatoms. The van der Waals surface area contributed by atoms with Gasteiger partial charge in [-0.25, -0.2) is 13.4 Å². The maximum absolute atomic E-state index is 13.3. The van der Waals surface area contributed by atoms with Crippen LogP contribution in [0.2, 0.25) is 0 Å². The third-order valence-electron chi connectivity index (χ3n) is 6.28. The zero-order chi connectivity index (χ0) is 24.5. The Morgan fingerprint density at radius 1 is 1.24 bits per heavy atom. The Hall–Kier alpha value is -2.60. The van der Waals surface area contributed by atoms with Gasteiger partial charge >= 0.3 is 0 Å². The van der Waals surface area contributed by atoms with Crippen LogP contribution in [-0.2, 0) is 10.0 Å². The molecule has 2 fully saturated rings. The number of nitrogens with one attached hydrogen (secondary N) is 2. The summed E-state index contributed by atoms with van der Waals surface area (Å²) >= 11 is 0. The Kier molecular flexibility index (Phi) is 7.17. The summed E-state index contributed by atoms with van der Waals surface area (Å²) < 4.78 is 33.7. The number of aliphatic hydroxyl groups is 1. The first-order valence-electron chi connectivity index (χ1n) is 11.6. The highest BCUT2D eigenvalue weighted by atomic mass is 32.2. The molecule has 10 nitrogen and oxygen atoms in total. The van der Waals surface area contributed by atoms with Crippen molar-refractivity contribution < 1.29 is 18.3 Å². The van der Waals surface area contributed by atoms with Gasteiger partial charge < -0.3 is 20.2 Å². The van der Waals surface area contributed by atoms with Crippen molar-refractivity contribution in [2.75, 3.05) is 39.4 Å². The van der Waals surface area contributed by atoms with Crippen molar-refractivity contribution in [2.45, 2.75) is 37.6 Å². The van der Waals surface area contributed by atoms with Gasteiger partial charge in [-0.3, -0.25) is 9.69 Å². The van der Waals surface area contributed by atoms with E-state index in [-0.39, 0.29) is 40.7 Å². The molecule has 184 valence electrons. The first-order valence-corrected chi connectivity index (χ1v) is 13.0. The Bertz CT molecular complexity index is 1220. The van der Waals surface area contributed by atoms with Gasteiger partial charge in [0.2, 0.25) is 10.0 Å². The van der Waals surface area contributed by atoms with Crippen LogP contribution in [0.15, 0.2) is 34.0 Å². The molecule has 0 radical (unpaired) electrons. The standard InChI is InChI=1S/C23H31N5O5S/c1-3-5-19(24)20-9-22(30)26-23(25-20)18-8-17(6-7-21(18)33-4-2)34(31,32)28-12-16(13-28)27-10-15(11-27)14-29/h6-9,15-16,24,29H,3-5,10-14H2,1-2H3,(H,25,26,30). The molecule has 2 saturated heterocycles. The predicted molar refractivity (Wildman–Crippen MR) is 128 cm³/mol. The first kappa shape index (κ1) is 24.5. The van der Waals surface area contributed by atoms with Gasteiger partial charge in [0.1, 0.15) is 11.6 Å². The van der Waals surface area contributed by atoms with Crippen molar-refractivity contribution in [1.29, 1.82) is 5.41 Å². The smallest absolute Gasteiger partial charge is 0.251 e. The zero-order valence-corrected chi connectivity index (χ0v) is 20.3. The van der Waals surface area contributed by atoms with Crippen LogP contribution in [0.25, 0.3) is 11.4 Å². The molecule has 1 aromatic heterocycles. The highest BCUT2D eigenvalue weighted by molar-refractivity contribution is 7.89. The molecule has 2 aliphatic rings. The maximum atomic E-state index is 13.3. The molecule has 0 bridgehead atoms. The summed E-state index contributed by atoms with van der Waals surface area (Å²) in [5.41, 5.74) is 0.449. The van der Waals surface area contributed by atoms with Gasteiger partial charge in [-0.15, -0.1) is 0 Å². The Morgan fingerprint density at radius 3 is 2.62 bits per heavy atom. The number of rotatable bonds is 10. The largest absolute Gasteiger partial charge is 0.493 e. The summed E-state index contributed by atoms with van der Waals surface area (Å²) in [6.45, 7) is 6.67. The molecular formula is C23H31N5O5S. The van der Waals surface area contributed by atoms with Crippen molar-refractivity contribution in [2.24, 2.45) is 5.92 Å². The van der Waals surface area contributed by atoms with Crippen LogP contribution in [0.5, 0.6) is 5.75 Å². The summed E-state index contributed by atoms with van der Waals surface area (Å²) in [4.78, 5) is 21.7. The fourth-order valence-corrected chi connectivity index (χ4v) is 5.81. The highest BCUT2D eigenvalue weighted by Gasteiger charge is 2.43. The average molecular weight is 490 g/mol. The van der Waals surface area contributed by atoms with E-state index in [1.807, 2.05) is 13.8 Å². The van der Waals surface area contributed by atoms with Crippen LogP contribution >= 0.6 is 0 Å². The van der Waals surface area contributed by atoms with E-state index in [1.54, 1.807) is 6.07 Å². The summed E-state index contributed by atoms with van der Waals surface area (Å²) in [6, 6.07) is 6.00. The number of hydrogen-bond donors (Lipinski definition) is 3. The van der Waals surface area contributed by atoms with Crippen molar-refractivity contribution in [3.63, 3.8) is 0 Å². The number of aromatic amines is 1. The average Bonchev–Trinajstić information content (AvgIpc) is 2.74. The van der Waals surface area contributed by atoms with E-state index in [9.17, 15) is 18.3 Å². The van der Waals surface area contributed by atoms with Gasteiger partial charge in [-0.2, -0.15) is 4.31 Å². The van der Waals surface area contributed by atoms with Gasteiger partial charge in [0, 0.05) is 50.8 Å². The van der Waals surface area contributed by atoms with Crippen LogP contribution in [0.1, 0.15) is 32.4 Å². The van der Waals surface area contributed by atoms with Gasteiger partial charge in [-0.1, -0.05) is 13.3 Å². The van der Waals surface area contributed by atoms with Crippen molar-refractivity contribution in [3.8, 4) is 17.1 Å². The lowest BCUT2D eigenvalue weighted by atomic mass is 9.96. The molecule has 0 amide bonds. The lowest BCUT2D eigenvalue weighted by Gasteiger charge is -2.50. The van der Waals surface area contributed by atoms with Crippen LogP contribution in [0, 0.1) is 11.3 Å². The Labute approximate surface area is 199 Å². The van der Waals surface area contributed by atoms with Gasteiger partial charge in [0.05, 0.1) is 28.5 Å². The number of ether oxygens (including phenoxy) is 1. The molecule has 2 aliphatic heterocycles. The molecule has 1 aromatic carbocycles. The van der Waals surface area contributed by atoms with E-state index in [0.717, 1.165) is 19.5 Å². The molecule has 3 N–H and O–H groups in total. The monoisotopic (exact) mass is 489 g/mol. The molecule has 34 heavy (non-hydrogen) atoms. The number of benzene rings is 1. The van der Waals surface area contributed by atoms with Crippen LogP contribution < -0.4 is 10.3 Å². The minimum Gasteiger partial charge on any atom is -0.493 e. The lowest BCUT2D eigenvalue weighted by molar-refractivity contribution is -0.0203. The number of aromatic nitrogens is 2. The van der Waals surface area contributed by atoms with Crippen LogP contribution in [0.4, 0.5) is 0 Å². The van der Waals surface area contributed by atoms with E-state index in [1.165, 1.54) is 22.5 Å². The third-order valence-corrected chi connectivity index (χ3v) is 8.11. The summed E-state index contributed by atoms with van der Waals surface area (Å²) in [6.07, 6.45) is 1.23. The minimum atomic E-state index is -3.74. The molecule has 4 rings (SSSR count). The highest BCUT2D eigenvalue weighted by Crippen LogP contribution is 2.34. The van der Waals surface area contributed by atoms with Crippen molar-refractivity contribution in [1.82, 2.24) is 19.2 Å². The van der Waals surface area contributed by atoms with Crippen molar-refractivity contribution in [3.05, 3.63) is 40.3 Å². The molecule has 2 aromatic rings. The summed E-state index contributed by atoms with van der Waals surface area (Å²) in [5, 5.41) is 17.4. The zero-order valence-electron chi connectivity index (χ0n) is 19.5. The minimum absolute atomic E-state index is 0.0953. The number of likely N-dealkylation sites (tertiary alicyclic amines) is 1. The van der Waals surface area contributed by atoms with E-state index >= 15 is 0 Å². The fourth-order valence-electron chi connectivity index (χ4n) is 4.27. The topological polar surface area (TPSA) is 140 Å². The lowest BCUT2D eigenvalue weighted by Crippen LogP contribution is -2.66. The SMILES string of the molecule is CCCC(=N)c1cc(=O)[nH]c(-c2cc(S(=O)(=O)N3CC(N4CC(CO)C4)C3)ccc2OCC)n1. The number of sulfonamides is 1. The van der Waals surface area contributed by atoms with Crippen LogP contribution in [-0.4, -0.2) is 83.8 Å². The molecule has 0 unspecified atom stereocenters. The molecular weight excluding hydrogens is 458 g/mol. The quantitative estimate of drug-likeness (QED) is 0.427. The predicted octanol–water partition coefficient (Wildman–Crippen LogP) is 1.30. The number of H-pyrrole nitrogens is 1. The van der Waals surface area contributed by atoms with Gasteiger partial charge in [0.25, 0.3) is 5.56 Å². The Morgan fingerprint density at radius 2 is 1.97 bits per heavy atom. The second kappa shape index (κ2) is 9.95. The van der Waals surface area contributed by atoms with E-state index < -0.39 is 15.6 Å². The fraction of sp³-hybridized carbons (Fsp3) is 0.522. The maximum Gasteiger partial charge on any atom is 0.251 e. The second-order valence-corrected chi connectivity index (χ2v) is 10.7. The molecule has 0 saturated carbocycles. The molecule has 0 aliphatic carbocycles. The number of aliphatic hydroxyl groups excluding tert-OH is 1. The first-order chi connectivity index (χ1) is 16.3. The molecule has 0 spiro atoms. The van der Waals surface area contributed by atoms with Crippen molar-refractivity contribution >= 4 is 15.7 Å². The summed E-state index contributed by atoms with van der Waals surface area (Å²) in [7, 11) is -3.74. The number of hydrogen-bond acceptors (Lipinski definition) is 8. The Balaban J connectivity index is 1.62. The molecule has 0 atom stereocenters. The van der Waals surface area contributed by atoms with E-state index in [0.29, 0.717) is 37.4 Å². The van der Waals surface area contributed by atoms with Crippen LogP contribution in [0.3, 0.4) is 0 Å². The van der Waals surface area contributed by atoms with E-state index in [2.05, 4.69) is 14.9 Å². The summed E-state index contributed by atoms with van der Waals surface area (Å²) in [5.74, 6) is 0.852. The second-order valence-electron chi connectivity index (χ2n) is 8.78. The van der Waals surface area contributed by atoms with Gasteiger partial charge in [0.15, 0.2) is 0 Å². The third kappa shape index (κ3) is 4.78. The normalized spacial score (nSPS) is 17.9. The number of nitrogens with zero attached hydrogens (tertiary/aromatic N) is 3.